The van der Waals surface area contributed by atoms with Gasteiger partial charge in [0.2, 0.25) is 0 Å². The number of alkyl halides is 2. The third-order valence-electron chi connectivity index (χ3n) is 1.82. The smallest absolute Gasteiger partial charge is 0.272 e. The molecule has 0 heterocycles. The molecule has 0 saturated heterocycles. The molecule has 14 heavy (non-hydrogen) atoms. The molecule has 0 radical (unpaired) electrons. The maximum atomic E-state index is 13.0. The lowest BCUT2D eigenvalue weighted by Gasteiger charge is -2.23. The quantitative estimate of drug-likeness (QED) is 0.600. The summed E-state index contributed by atoms with van der Waals surface area (Å²) < 4.78 is 30.9. The van der Waals surface area contributed by atoms with Crippen LogP contribution in [0, 0.1) is 0 Å². The Hall–Kier alpha value is -0.260. The van der Waals surface area contributed by atoms with Gasteiger partial charge in [-0.2, -0.15) is 0 Å². The summed E-state index contributed by atoms with van der Waals surface area (Å²) >= 11 is 0. The molecule has 0 fully saturated rings. The Balaban J connectivity index is 3.63. The zero-order valence-corrected chi connectivity index (χ0v) is 9.15. The standard InChI is InChI=1S/C9H20F2N2O/c1-12-7-9(10,11)8-13(2)5-4-6-14-3/h12H,4-8H2,1-3H3. The molecule has 5 heteroatoms. The van der Waals surface area contributed by atoms with Gasteiger partial charge in [0.05, 0.1) is 13.1 Å². The maximum Gasteiger partial charge on any atom is 0.272 e. The molecule has 0 bridgehead atoms. The lowest BCUT2D eigenvalue weighted by molar-refractivity contribution is -0.0243. The van der Waals surface area contributed by atoms with E-state index in [2.05, 4.69) is 5.32 Å². The van der Waals surface area contributed by atoms with Gasteiger partial charge in [-0.3, -0.25) is 0 Å². The molecule has 3 nitrogen and oxygen atoms in total. The van der Waals surface area contributed by atoms with E-state index in [0.29, 0.717) is 13.2 Å². The van der Waals surface area contributed by atoms with Gasteiger partial charge in [0.1, 0.15) is 0 Å². The molecule has 86 valence electrons. The van der Waals surface area contributed by atoms with Gasteiger partial charge < -0.3 is 15.0 Å². The number of halogens is 2. The Labute approximate surface area is 84.4 Å². The van der Waals surface area contributed by atoms with E-state index in [0.717, 1.165) is 6.42 Å². The number of ether oxygens (including phenoxy) is 1. The summed E-state index contributed by atoms with van der Waals surface area (Å²) in [5.41, 5.74) is 0. The fourth-order valence-corrected chi connectivity index (χ4v) is 1.27. The molecule has 0 saturated carbocycles. The van der Waals surface area contributed by atoms with Gasteiger partial charge in [-0.05, 0) is 20.5 Å². The second-order valence-corrected chi connectivity index (χ2v) is 3.47. The van der Waals surface area contributed by atoms with Crippen molar-refractivity contribution < 1.29 is 13.5 Å². The molecule has 0 aromatic rings. The van der Waals surface area contributed by atoms with E-state index in [1.807, 2.05) is 0 Å². The fraction of sp³-hybridized carbons (Fsp3) is 1.00. The summed E-state index contributed by atoms with van der Waals surface area (Å²) in [5.74, 6) is -2.66. The van der Waals surface area contributed by atoms with Gasteiger partial charge in [-0.1, -0.05) is 0 Å². The summed E-state index contributed by atoms with van der Waals surface area (Å²) in [6.07, 6.45) is 0.780. The van der Waals surface area contributed by atoms with Crippen LogP contribution in [0.15, 0.2) is 0 Å². The maximum absolute atomic E-state index is 13.0. The highest BCUT2D eigenvalue weighted by atomic mass is 19.3. The molecule has 0 aliphatic rings. The zero-order valence-electron chi connectivity index (χ0n) is 9.15. The molecule has 0 aliphatic heterocycles. The Morgan fingerprint density at radius 2 is 2.07 bits per heavy atom. The van der Waals surface area contributed by atoms with Crippen molar-refractivity contribution in [2.45, 2.75) is 12.3 Å². The summed E-state index contributed by atoms with van der Waals surface area (Å²) in [6, 6.07) is 0. The predicted molar refractivity (Wildman–Crippen MR) is 52.9 cm³/mol. The van der Waals surface area contributed by atoms with Gasteiger partial charge in [-0.15, -0.1) is 0 Å². The van der Waals surface area contributed by atoms with Gasteiger partial charge in [0, 0.05) is 20.3 Å². The molecule has 0 rings (SSSR count). The molecule has 0 amide bonds. The van der Waals surface area contributed by atoms with E-state index in [9.17, 15) is 8.78 Å². The van der Waals surface area contributed by atoms with E-state index in [1.54, 1.807) is 19.1 Å². The predicted octanol–water partition coefficient (Wildman–Crippen LogP) is 0.809. The minimum Gasteiger partial charge on any atom is -0.385 e. The van der Waals surface area contributed by atoms with Crippen LogP contribution in [0.2, 0.25) is 0 Å². The molecule has 1 N–H and O–H groups in total. The van der Waals surface area contributed by atoms with Crippen molar-refractivity contribution in [3.05, 3.63) is 0 Å². The van der Waals surface area contributed by atoms with Crippen molar-refractivity contribution in [2.75, 3.05) is 47.4 Å². The summed E-state index contributed by atoms with van der Waals surface area (Å²) in [5, 5.41) is 2.48. The minimum absolute atomic E-state index is 0.211. The second kappa shape index (κ2) is 7.09. The number of rotatable bonds is 8. The zero-order chi connectivity index (χ0) is 11.0. The van der Waals surface area contributed by atoms with Crippen LogP contribution < -0.4 is 5.32 Å². The van der Waals surface area contributed by atoms with Crippen LogP contribution in [0.25, 0.3) is 0 Å². The van der Waals surface area contributed by atoms with Crippen LogP contribution >= 0.6 is 0 Å². The third kappa shape index (κ3) is 7.17. The normalized spacial score (nSPS) is 12.4. The van der Waals surface area contributed by atoms with Gasteiger partial charge in [-0.25, -0.2) is 8.78 Å². The minimum atomic E-state index is -2.66. The molecule has 0 atom stereocenters. The highest BCUT2D eigenvalue weighted by molar-refractivity contribution is 4.72. The van der Waals surface area contributed by atoms with Crippen molar-refractivity contribution in [1.29, 1.82) is 0 Å². The molecule has 0 unspecified atom stereocenters. The lowest BCUT2D eigenvalue weighted by atomic mass is 10.3. The van der Waals surface area contributed by atoms with E-state index in [-0.39, 0.29) is 13.1 Å². The van der Waals surface area contributed by atoms with Crippen LogP contribution in [0.3, 0.4) is 0 Å². The molecule has 0 aromatic heterocycles. The van der Waals surface area contributed by atoms with Crippen LogP contribution in [0.4, 0.5) is 8.78 Å². The van der Waals surface area contributed by atoms with Crippen LogP contribution in [0.1, 0.15) is 6.42 Å². The third-order valence-corrected chi connectivity index (χ3v) is 1.82. The average molecular weight is 210 g/mol. The lowest BCUT2D eigenvalue weighted by Crippen LogP contribution is -2.41. The summed E-state index contributed by atoms with van der Waals surface area (Å²) in [6.45, 7) is 0.758. The van der Waals surface area contributed by atoms with Crippen molar-refractivity contribution in [3.8, 4) is 0 Å². The average Bonchev–Trinajstić information content (AvgIpc) is 2.03. The van der Waals surface area contributed by atoms with Crippen molar-refractivity contribution in [1.82, 2.24) is 10.2 Å². The van der Waals surface area contributed by atoms with E-state index in [1.165, 1.54) is 7.05 Å². The van der Waals surface area contributed by atoms with Crippen molar-refractivity contribution in [2.24, 2.45) is 0 Å². The highest BCUT2D eigenvalue weighted by Gasteiger charge is 2.29. The van der Waals surface area contributed by atoms with E-state index >= 15 is 0 Å². The topological polar surface area (TPSA) is 24.5 Å². The first-order valence-electron chi connectivity index (χ1n) is 4.72. The Kier molecular flexibility index (Phi) is 6.96. The first kappa shape index (κ1) is 13.7. The Morgan fingerprint density at radius 3 is 2.57 bits per heavy atom. The van der Waals surface area contributed by atoms with Gasteiger partial charge >= 0.3 is 0 Å². The van der Waals surface area contributed by atoms with E-state index < -0.39 is 5.92 Å². The monoisotopic (exact) mass is 210 g/mol. The first-order chi connectivity index (χ1) is 6.52. The van der Waals surface area contributed by atoms with Crippen LogP contribution in [0.5, 0.6) is 0 Å². The number of hydrogen-bond acceptors (Lipinski definition) is 3. The first-order valence-corrected chi connectivity index (χ1v) is 4.72. The van der Waals surface area contributed by atoms with Crippen molar-refractivity contribution in [3.63, 3.8) is 0 Å². The van der Waals surface area contributed by atoms with Gasteiger partial charge in [0.25, 0.3) is 5.92 Å². The number of nitrogens with one attached hydrogen (secondary N) is 1. The van der Waals surface area contributed by atoms with Gasteiger partial charge in [0.15, 0.2) is 0 Å². The molecule has 0 spiro atoms. The summed E-state index contributed by atoms with van der Waals surface area (Å²) in [4.78, 5) is 1.62. The molecule has 0 aromatic carbocycles. The highest BCUT2D eigenvalue weighted by Crippen LogP contribution is 2.13. The molecular weight excluding hydrogens is 190 g/mol. The summed E-state index contributed by atoms with van der Waals surface area (Å²) in [7, 11) is 4.83. The van der Waals surface area contributed by atoms with Crippen LogP contribution in [-0.2, 0) is 4.74 Å². The largest absolute Gasteiger partial charge is 0.385 e. The SMILES string of the molecule is CNCC(F)(F)CN(C)CCCOC. The number of nitrogens with zero attached hydrogens (tertiary/aromatic N) is 1. The number of methoxy groups -OCH3 is 1. The Morgan fingerprint density at radius 1 is 1.43 bits per heavy atom. The van der Waals surface area contributed by atoms with Crippen molar-refractivity contribution >= 4 is 0 Å². The second-order valence-electron chi connectivity index (χ2n) is 3.47. The molecular formula is C9H20F2N2O. The van der Waals surface area contributed by atoms with Crippen LogP contribution in [-0.4, -0.2) is 58.3 Å². The van der Waals surface area contributed by atoms with E-state index in [4.69, 9.17) is 4.74 Å². The number of hydrogen-bond donors (Lipinski definition) is 1. The Bertz CT molecular complexity index is 145. The molecule has 0 aliphatic carbocycles. The fourth-order valence-electron chi connectivity index (χ4n) is 1.27.